The quantitative estimate of drug-likeness (QED) is 0.827. The summed E-state index contributed by atoms with van der Waals surface area (Å²) in [4.78, 5) is 40.3. The van der Waals surface area contributed by atoms with Crippen LogP contribution in [0.2, 0.25) is 0 Å². The van der Waals surface area contributed by atoms with Gasteiger partial charge in [-0.3, -0.25) is 14.3 Å². The number of aromatic nitrogens is 2. The summed E-state index contributed by atoms with van der Waals surface area (Å²) < 4.78 is 1.33. The summed E-state index contributed by atoms with van der Waals surface area (Å²) in [5.41, 5.74) is 4.03. The number of hydrogen-bond donors (Lipinski definition) is 1. The fourth-order valence-corrected chi connectivity index (χ4v) is 5.11. The van der Waals surface area contributed by atoms with Gasteiger partial charge in [0.25, 0.3) is 5.56 Å². The number of fused-ring (bicyclic) bond motifs is 1. The number of aryl methyl sites for hydroxylation is 2. The summed E-state index contributed by atoms with van der Waals surface area (Å²) in [6.45, 7) is 8.54. The van der Waals surface area contributed by atoms with Gasteiger partial charge in [-0.2, -0.15) is 0 Å². The maximum Gasteiger partial charge on any atom is 0.277 e. The van der Waals surface area contributed by atoms with Gasteiger partial charge in [0.2, 0.25) is 0 Å². The first-order valence-corrected chi connectivity index (χ1v) is 8.96. The molecular weight excluding hydrogens is 340 g/mol. The van der Waals surface area contributed by atoms with Crippen LogP contribution in [0.4, 0.5) is 0 Å². The molecule has 0 radical (unpaired) electrons. The molecule has 7 heteroatoms. The van der Waals surface area contributed by atoms with Crippen molar-refractivity contribution in [3.8, 4) is 0 Å². The summed E-state index contributed by atoms with van der Waals surface area (Å²) in [7, 11) is 1.61. The predicted molar refractivity (Wildman–Crippen MR) is 100 cm³/mol. The minimum Gasteiger partial charge on any atom is -0.302 e. The zero-order chi connectivity index (χ0) is 18.9. The van der Waals surface area contributed by atoms with E-state index in [1.807, 2.05) is 24.8 Å². The molecule has 0 bridgehead atoms. The van der Waals surface area contributed by atoms with E-state index >= 15 is 0 Å². The van der Waals surface area contributed by atoms with Crippen molar-refractivity contribution in [1.29, 1.82) is 0 Å². The zero-order valence-corrected chi connectivity index (χ0v) is 15.9. The first-order chi connectivity index (χ1) is 11.7. The average Bonchev–Trinajstić information content (AvgIpc) is 2.90. The molecule has 0 saturated heterocycles. The van der Waals surface area contributed by atoms with E-state index in [1.165, 1.54) is 21.3 Å². The number of carbonyl (C=O) groups excluding carboxylic acids is 1. The van der Waals surface area contributed by atoms with Gasteiger partial charge < -0.3 is 5.10 Å². The van der Waals surface area contributed by atoms with Crippen LogP contribution in [0.5, 0.6) is 0 Å². The topological polar surface area (TPSA) is 89.0 Å². The van der Waals surface area contributed by atoms with E-state index in [1.54, 1.807) is 7.05 Å². The molecule has 25 heavy (non-hydrogen) atoms. The van der Waals surface area contributed by atoms with Gasteiger partial charge in [-0.25, -0.2) is 0 Å². The van der Waals surface area contributed by atoms with Crippen molar-refractivity contribution in [3.05, 3.63) is 60.4 Å². The number of aromatic amines is 1. The number of nitrogens with one attached hydrogen (secondary N) is 1. The molecule has 0 aliphatic carbocycles. The Morgan fingerprint density at radius 2 is 1.88 bits per heavy atom. The third-order valence-corrected chi connectivity index (χ3v) is 6.03. The highest BCUT2D eigenvalue weighted by molar-refractivity contribution is 7.99. The lowest BCUT2D eigenvalue weighted by Crippen LogP contribution is -2.27. The van der Waals surface area contributed by atoms with E-state index in [-0.39, 0.29) is 22.3 Å². The molecule has 2 aromatic rings. The minimum absolute atomic E-state index is 0.0504. The largest absolute Gasteiger partial charge is 0.302 e. The number of ketones is 1. The maximum absolute atomic E-state index is 12.9. The Kier molecular flexibility index (Phi) is 5.37. The summed E-state index contributed by atoms with van der Waals surface area (Å²) in [5.74, 6) is 0.910. The highest BCUT2D eigenvalue weighted by atomic mass is 32.2. The van der Waals surface area contributed by atoms with Gasteiger partial charge in [0, 0.05) is 33.6 Å². The predicted octanol–water partition coefficient (Wildman–Crippen LogP) is 3.40. The molecule has 1 aromatic heterocycles. The molecule has 6 nitrogen and oxygen atoms in total. The Balaban J connectivity index is 0.00000109. The maximum atomic E-state index is 12.9. The van der Waals surface area contributed by atoms with Crippen LogP contribution in [0, 0.1) is 23.8 Å². The second-order valence-corrected chi connectivity index (χ2v) is 8.04. The minimum atomic E-state index is -0.279. The Labute approximate surface area is 150 Å². The molecule has 0 unspecified atom stereocenters. The Morgan fingerprint density at radius 3 is 2.44 bits per heavy atom. The molecule has 1 aliphatic rings. The first-order valence-electron chi connectivity index (χ1n) is 7.97. The summed E-state index contributed by atoms with van der Waals surface area (Å²) in [6, 6.07) is 1.94. The highest BCUT2D eigenvalue weighted by Crippen LogP contribution is 2.45. The standard InChI is InChI=1S/C18H22N2O2S.O2/c1-10-8-12(15(21)13-9-19-20(5)17(13)22)11(2)14-16(10)23-7-6-18(14,3)4;1-2/h8-9,19H,6-7H2,1-5H3;. The van der Waals surface area contributed by atoms with Crippen molar-refractivity contribution in [2.24, 2.45) is 7.05 Å². The molecular formula is C18H22N2O4S. The second kappa shape index (κ2) is 7.00. The van der Waals surface area contributed by atoms with Crippen molar-refractivity contribution in [3.63, 3.8) is 0 Å². The Bertz CT molecular complexity index is 880. The fourth-order valence-electron chi connectivity index (χ4n) is 3.43. The lowest BCUT2D eigenvalue weighted by Gasteiger charge is -2.35. The molecule has 0 saturated carbocycles. The van der Waals surface area contributed by atoms with Gasteiger partial charge in [-0.1, -0.05) is 13.8 Å². The number of rotatable bonds is 2. The Hall–Kier alpha value is -2.15. The molecule has 1 N–H and O–H groups in total. The molecule has 0 amide bonds. The van der Waals surface area contributed by atoms with E-state index in [2.05, 4.69) is 25.9 Å². The van der Waals surface area contributed by atoms with Crippen molar-refractivity contribution < 1.29 is 4.79 Å². The number of H-pyrrole nitrogens is 1. The highest BCUT2D eigenvalue weighted by Gasteiger charge is 2.33. The van der Waals surface area contributed by atoms with E-state index in [0.29, 0.717) is 5.56 Å². The average molecular weight is 362 g/mol. The molecule has 0 atom stereocenters. The van der Waals surface area contributed by atoms with Gasteiger partial charge >= 0.3 is 0 Å². The molecule has 1 aliphatic heterocycles. The first kappa shape index (κ1) is 19.2. The molecule has 1 aromatic carbocycles. The monoisotopic (exact) mass is 362 g/mol. The normalized spacial score (nSPS) is 15.1. The molecule has 134 valence electrons. The summed E-state index contributed by atoms with van der Waals surface area (Å²) >= 11 is 1.87. The van der Waals surface area contributed by atoms with Gasteiger partial charge in [-0.05, 0) is 54.2 Å². The van der Waals surface area contributed by atoms with Gasteiger partial charge in [0.1, 0.15) is 5.56 Å². The van der Waals surface area contributed by atoms with E-state index in [0.717, 1.165) is 23.3 Å². The third kappa shape index (κ3) is 3.20. The number of hydrogen-bond acceptors (Lipinski definition) is 5. The number of thioether (sulfide) groups is 1. The zero-order valence-electron chi connectivity index (χ0n) is 15.1. The van der Waals surface area contributed by atoms with Crippen molar-refractivity contribution >= 4 is 17.5 Å². The Morgan fingerprint density at radius 1 is 1.24 bits per heavy atom. The van der Waals surface area contributed by atoms with Gasteiger partial charge in [-0.15, -0.1) is 11.8 Å². The number of nitrogens with zero attached hydrogens (tertiary/aromatic N) is 1. The summed E-state index contributed by atoms with van der Waals surface area (Å²) in [6.07, 6.45) is 2.59. The molecule has 2 heterocycles. The molecule has 3 rings (SSSR count). The fraction of sp³-hybridized carbons (Fsp3) is 0.444. The third-order valence-electron chi connectivity index (χ3n) is 4.80. The van der Waals surface area contributed by atoms with Crippen molar-refractivity contribution in [1.82, 2.24) is 9.78 Å². The summed E-state index contributed by atoms with van der Waals surface area (Å²) in [5, 5.41) is 2.78. The number of carbonyl (C=O) groups is 1. The van der Waals surface area contributed by atoms with Crippen LogP contribution in [0.3, 0.4) is 0 Å². The smallest absolute Gasteiger partial charge is 0.277 e. The lowest BCUT2D eigenvalue weighted by molar-refractivity contribution is 0.103. The van der Waals surface area contributed by atoms with E-state index in [9.17, 15) is 9.59 Å². The van der Waals surface area contributed by atoms with Crippen LogP contribution in [-0.2, 0) is 12.5 Å². The van der Waals surface area contributed by atoms with Crippen molar-refractivity contribution in [2.45, 2.75) is 44.4 Å². The number of benzene rings is 1. The second-order valence-electron chi connectivity index (χ2n) is 6.93. The van der Waals surface area contributed by atoms with E-state index < -0.39 is 0 Å². The molecule has 0 spiro atoms. The van der Waals surface area contributed by atoms with Crippen LogP contribution in [0.25, 0.3) is 0 Å². The molecule has 0 fully saturated rings. The SMILES string of the molecule is Cc1cc(C(=O)c2c[nH]n(C)c2=O)c(C)c2c1SCCC2(C)C.O=O. The van der Waals surface area contributed by atoms with Gasteiger partial charge in [0.05, 0.1) is 0 Å². The van der Waals surface area contributed by atoms with Gasteiger partial charge in [0.15, 0.2) is 5.78 Å². The van der Waals surface area contributed by atoms with Crippen molar-refractivity contribution in [2.75, 3.05) is 5.75 Å². The van der Waals surface area contributed by atoms with E-state index in [4.69, 9.17) is 9.93 Å². The van der Waals surface area contributed by atoms with Crippen LogP contribution >= 0.6 is 11.8 Å². The van der Waals surface area contributed by atoms with Crippen LogP contribution in [0.1, 0.15) is 52.9 Å². The van der Waals surface area contributed by atoms with Crippen LogP contribution < -0.4 is 5.56 Å². The van der Waals surface area contributed by atoms with Crippen LogP contribution in [0.15, 0.2) is 22.0 Å². The van der Waals surface area contributed by atoms with Crippen LogP contribution in [-0.4, -0.2) is 21.3 Å². The lowest BCUT2D eigenvalue weighted by atomic mass is 9.77.